The monoisotopic (exact) mass is 436 g/mol. The Morgan fingerprint density at radius 2 is 1.79 bits per heavy atom. The highest BCUT2D eigenvalue weighted by Crippen LogP contribution is 2.27. The first-order chi connectivity index (χ1) is 14.1. The molecule has 1 aromatic carbocycles. The van der Waals surface area contributed by atoms with Gasteiger partial charge in [-0.3, -0.25) is 4.84 Å². The molecule has 0 spiro atoms. The summed E-state index contributed by atoms with van der Waals surface area (Å²) in [6, 6.07) is 10.9. The molecule has 2 aromatic heterocycles. The van der Waals surface area contributed by atoms with E-state index in [2.05, 4.69) is 15.0 Å². The predicted molar refractivity (Wildman–Crippen MR) is 110 cm³/mol. The second-order valence-electron chi connectivity index (χ2n) is 6.01. The molecule has 0 amide bonds. The normalized spacial score (nSPS) is 10.8. The molecular weight excluding hydrogens is 418 g/mol. The maximum absolute atomic E-state index is 12.5. The van der Waals surface area contributed by atoms with Crippen molar-refractivity contribution in [2.45, 2.75) is 19.0 Å². The molecule has 0 aliphatic carbocycles. The van der Waals surface area contributed by atoms with Gasteiger partial charge in [0.05, 0.1) is 25.2 Å². The second-order valence-corrected chi connectivity index (χ2v) is 6.66. The smallest absolute Gasteiger partial charge is 0.219 e. The average molecular weight is 437 g/mol. The lowest BCUT2D eigenvalue weighted by molar-refractivity contribution is 0.165. The van der Waals surface area contributed by atoms with Gasteiger partial charge < -0.3 is 4.74 Å². The molecule has 0 atom stereocenters. The molecule has 0 bridgehead atoms. The Hall–Kier alpha value is -2.48. The maximum atomic E-state index is 12.5. The number of anilines is 1. The quantitative estimate of drug-likeness (QED) is 0.342. The minimum absolute atomic E-state index is 0.193. The second kappa shape index (κ2) is 10.3. The Morgan fingerprint density at radius 1 is 1.03 bits per heavy atom. The lowest BCUT2D eigenvalue weighted by Gasteiger charge is -2.22. The third kappa shape index (κ3) is 5.53. The number of aromatic nitrogens is 3. The summed E-state index contributed by atoms with van der Waals surface area (Å²) in [5.74, 6) is 1.72. The van der Waals surface area contributed by atoms with Gasteiger partial charge in [0.1, 0.15) is 23.8 Å². The highest BCUT2D eigenvalue weighted by molar-refractivity contribution is 6.34. The van der Waals surface area contributed by atoms with Crippen LogP contribution in [0.3, 0.4) is 0 Å². The molecular formula is C20H19Cl2FN4O2. The first-order valence-corrected chi connectivity index (χ1v) is 9.70. The average Bonchev–Trinajstić information content (AvgIpc) is 2.77. The van der Waals surface area contributed by atoms with Crippen molar-refractivity contribution in [3.8, 4) is 11.6 Å². The van der Waals surface area contributed by atoms with Crippen molar-refractivity contribution in [3.05, 3.63) is 70.8 Å². The molecule has 0 saturated heterocycles. The van der Waals surface area contributed by atoms with Gasteiger partial charge in [0.25, 0.3) is 0 Å². The van der Waals surface area contributed by atoms with E-state index >= 15 is 0 Å². The number of rotatable bonds is 9. The number of ether oxygens (including phenoxy) is 1. The van der Waals surface area contributed by atoms with Crippen LogP contribution in [0.2, 0.25) is 5.02 Å². The SMILES string of the molecule is CON(CCc1ccc(Oc2ccc(CF)cn2)cc1)c1ncnc(CCl)c1Cl. The van der Waals surface area contributed by atoms with Gasteiger partial charge in [0.2, 0.25) is 5.88 Å². The molecule has 0 saturated carbocycles. The fourth-order valence-corrected chi connectivity index (χ4v) is 3.10. The van der Waals surface area contributed by atoms with Crippen molar-refractivity contribution in [3.63, 3.8) is 0 Å². The molecule has 3 aromatic rings. The van der Waals surface area contributed by atoms with Crippen molar-refractivity contribution >= 4 is 29.0 Å². The van der Waals surface area contributed by atoms with Crippen LogP contribution in [0.4, 0.5) is 10.2 Å². The van der Waals surface area contributed by atoms with E-state index in [1.54, 1.807) is 24.3 Å². The third-order valence-electron chi connectivity index (χ3n) is 4.13. The molecule has 0 unspecified atom stereocenters. The van der Waals surface area contributed by atoms with Gasteiger partial charge in [0, 0.05) is 17.8 Å². The minimum Gasteiger partial charge on any atom is -0.439 e. The topological polar surface area (TPSA) is 60.4 Å². The van der Waals surface area contributed by atoms with Crippen LogP contribution in [0.1, 0.15) is 16.8 Å². The molecule has 0 fully saturated rings. The molecule has 9 heteroatoms. The van der Waals surface area contributed by atoms with Gasteiger partial charge in [-0.2, -0.15) is 0 Å². The van der Waals surface area contributed by atoms with E-state index in [-0.39, 0.29) is 5.88 Å². The summed E-state index contributed by atoms with van der Waals surface area (Å²) < 4.78 is 18.2. The molecule has 0 aliphatic heterocycles. The zero-order chi connectivity index (χ0) is 20.6. The van der Waals surface area contributed by atoms with E-state index in [4.69, 9.17) is 32.8 Å². The molecule has 6 nitrogen and oxygen atoms in total. The van der Waals surface area contributed by atoms with Crippen LogP contribution in [0, 0.1) is 0 Å². The lowest BCUT2D eigenvalue weighted by Crippen LogP contribution is -2.26. The highest BCUT2D eigenvalue weighted by Gasteiger charge is 2.15. The molecule has 152 valence electrons. The van der Waals surface area contributed by atoms with E-state index in [0.717, 1.165) is 5.56 Å². The van der Waals surface area contributed by atoms with Crippen LogP contribution in [0.15, 0.2) is 48.9 Å². The van der Waals surface area contributed by atoms with Crippen LogP contribution < -0.4 is 9.80 Å². The maximum Gasteiger partial charge on any atom is 0.219 e. The van der Waals surface area contributed by atoms with E-state index in [0.29, 0.717) is 46.7 Å². The van der Waals surface area contributed by atoms with Crippen LogP contribution >= 0.6 is 23.2 Å². The minimum atomic E-state index is -0.548. The van der Waals surface area contributed by atoms with Gasteiger partial charge >= 0.3 is 0 Å². The van der Waals surface area contributed by atoms with Crippen molar-refractivity contribution in [2.24, 2.45) is 0 Å². The zero-order valence-corrected chi connectivity index (χ0v) is 17.2. The van der Waals surface area contributed by atoms with Crippen molar-refractivity contribution < 1.29 is 14.0 Å². The number of hydrogen-bond donors (Lipinski definition) is 0. The molecule has 2 heterocycles. The summed E-state index contributed by atoms with van der Waals surface area (Å²) in [5.41, 5.74) is 2.13. The van der Waals surface area contributed by atoms with E-state index < -0.39 is 6.67 Å². The summed E-state index contributed by atoms with van der Waals surface area (Å²) >= 11 is 12.2. The Labute approximate surface area is 178 Å². The van der Waals surface area contributed by atoms with E-state index in [9.17, 15) is 4.39 Å². The van der Waals surface area contributed by atoms with Gasteiger partial charge in [0.15, 0.2) is 5.82 Å². The van der Waals surface area contributed by atoms with Crippen LogP contribution in [-0.4, -0.2) is 28.6 Å². The molecule has 0 N–H and O–H groups in total. The molecule has 0 radical (unpaired) electrons. The number of halogens is 3. The lowest BCUT2D eigenvalue weighted by atomic mass is 10.1. The number of benzene rings is 1. The van der Waals surface area contributed by atoms with Crippen LogP contribution in [0.25, 0.3) is 0 Å². The van der Waals surface area contributed by atoms with Gasteiger partial charge in [-0.15, -0.1) is 11.6 Å². The number of hydroxylamine groups is 1. The van der Waals surface area contributed by atoms with Gasteiger partial charge in [-0.1, -0.05) is 23.7 Å². The fraction of sp³-hybridized carbons (Fsp3) is 0.250. The summed E-state index contributed by atoms with van der Waals surface area (Å²) in [5, 5.41) is 1.97. The highest BCUT2D eigenvalue weighted by atomic mass is 35.5. The fourth-order valence-electron chi connectivity index (χ4n) is 2.57. The van der Waals surface area contributed by atoms with Crippen molar-refractivity contribution in [1.29, 1.82) is 0 Å². The van der Waals surface area contributed by atoms with Crippen molar-refractivity contribution in [2.75, 3.05) is 18.7 Å². The van der Waals surface area contributed by atoms with Gasteiger partial charge in [-0.05, 0) is 30.2 Å². The van der Waals surface area contributed by atoms with E-state index in [1.807, 2.05) is 24.3 Å². The first-order valence-electron chi connectivity index (χ1n) is 8.79. The zero-order valence-electron chi connectivity index (χ0n) is 15.7. The van der Waals surface area contributed by atoms with Gasteiger partial charge in [-0.25, -0.2) is 24.4 Å². The van der Waals surface area contributed by atoms with E-state index in [1.165, 1.54) is 12.5 Å². The summed E-state index contributed by atoms with van der Waals surface area (Å²) in [6.45, 7) is -0.0186. The Kier molecular flexibility index (Phi) is 7.57. The largest absolute Gasteiger partial charge is 0.439 e. The number of hydrogen-bond acceptors (Lipinski definition) is 6. The van der Waals surface area contributed by atoms with Crippen LogP contribution in [0.5, 0.6) is 11.6 Å². The number of alkyl halides is 2. The summed E-state index contributed by atoms with van der Waals surface area (Å²) in [7, 11) is 1.55. The number of pyridine rings is 1. The molecule has 29 heavy (non-hydrogen) atoms. The molecule has 3 rings (SSSR count). The summed E-state index contributed by atoms with van der Waals surface area (Å²) in [6.07, 6.45) is 3.55. The number of nitrogens with zero attached hydrogens (tertiary/aromatic N) is 4. The predicted octanol–water partition coefficient (Wildman–Crippen LogP) is 5.14. The van der Waals surface area contributed by atoms with Crippen LogP contribution in [-0.2, 0) is 23.8 Å². The first kappa shape index (κ1) is 21.2. The standard InChI is InChI=1S/C20H19Cl2FN4O2/c1-28-27(20-19(22)17(10-21)25-13-26-20)9-8-14-2-5-16(6-3-14)29-18-7-4-15(11-23)12-24-18/h2-7,12-13H,8-11H2,1H3. The Balaban J connectivity index is 1.61. The third-order valence-corrected chi connectivity index (χ3v) is 4.77. The van der Waals surface area contributed by atoms with Crippen molar-refractivity contribution in [1.82, 2.24) is 15.0 Å². The Bertz CT molecular complexity index is 927. The summed E-state index contributed by atoms with van der Waals surface area (Å²) in [4.78, 5) is 17.7. The Morgan fingerprint density at radius 3 is 2.41 bits per heavy atom. The molecule has 0 aliphatic rings.